The highest BCUT2D eigenvalue weighted by Crippen LogP contribution is 2.02. The van der Waals surface area contributed by atoms with E-state index in [-0.39, 0.29) is 5.92 Å². The number of carbonyl (C=O) groups excluding carboxylic acids is 1. The summed E-state index contributed by atoms with van der Waals surface area (Å²) >= 11 is 0. The lowest BCUT2D eigenvalue weighted by Gasteiger charge is -2.16. The summed E-state index contributed by atoms with van der Waals surface area (Å²) in [7, 11) is 0. The first kappa shape index (κ1) is 10.5. The molecule has 68 valence electrons. The van der Waals surface area contributed by atoms with Gasteiger partial charge in [0.15, 0.2) is 0 Å². The van der Waals surface area contributed by atoms with Crippen LogP contribution in [0.4, 0.5) is 4.79 Å². The third-order valence-corrected chi connectivity index (χ3v) is 1.48. The third kappa shape index (κ3) is 3.05. The molecule has 2 amide bonds. The van der Waals surface area contributed by atoms with Crippen LogP contribution in [0.1, 0.15) is 6.92 Å². The van der Waals surface area contributed by atoms with Crippen molar-refractivity contribution in [2.75, 3.05) is 0 Å². The van der Waals surface area contributed by atoms with Gasteiger partial charge in [0.25, 0.3) is 0 Å². The van der Waals surface area contributed by atoms with Crippen LogP contribution in [0.2, 0.25) is 0 Å². The predicted molar refractivity (Wildman–Crippen MR) is 43.5 cm³/mol. The standard InChI is InChI=1S/C7H12N2O3/c1-3-4(2)5(6(8)10)9-7(11)12/h3-5,9H,1H2,2H3,(H2,8,10)(H,11,12)/t4-,5+/m1/s1. The van der Waals surface area contributed by atoms with Crippen LogP contribution in [0.3, 0.4) is 0 Å². The lowest BCUT2D eigenvalue weighted by molar-refractivity contribution is -0.120. The third-order valence-electron chi connectivity index (χ3n) is 1.48. The first-order valence-electron chi connectivity index (χ1n) is 3.40. The lowest BCUT2D eigenvalue weighted by Crippen LogP contribution is -2.47. The quantitative estimate of drug-likeness (QED) is 0.518. The van der Waals surface area contributed by atoms with E-state index < -0.39 is 18.0 Å². The number of nitrogens with one attached hydrogen (secondary N) is 1. The summed E-state index contributed by atoms with van der Waals surface area (Å²) in [4.78, 5) is 20.9. The predicted octanol–water partition coefficient (Wildman–Crippen LogP) is -0.0700. The minimum absolute atomic E-state index is 0.307. The van der Waals surface area contributed by atoms with Gasteiger partial charge in [-0.1, -0.05) is 13.0 Å². The van der Waals surface area contributed by atoms with E-state index in [1.165, 1.54) is 6.08 Å². The summed E-state index contributed by atoms with van der Waals surface area (Å²) in [6.07, 6.45) is 0.193. The van der Waals surface area contributed by atoms with Gasteiger partial charge in [-0.15, -0.1) is 6.58 Å². The normalized spacial score (nSPS) is 14.4. The fourth-order valence-corrected chi connectivity index (χ4v) is 0.731. The second-order valence-corrected chi connectivity index (χ2v) is 2.42. The average molecular weight is 172 g/mol. The number of carbonyl (C=O) groups is 2. The summed E-state index contributed by atoms with van der Waals surface area (Å²) in [6.45, 7) is 5.08. The fourth-order valence-electron chi connectivity index (χ4n) is 0.731. The van der Waals surface area contributed by atoms with Gasteiger partial charge in [-0.2, -0.15) is 0 Å². The van der Waals surface area contributed by atoms with Crippen molar-refractivity contribution < 1.29 is 14.7 Å². The van der Waals surface area contributed by atoms with Gasteiger partial charge < -0.3 is 16.2 Å². The molecule has 5 nitrogen and oxygen atoms in total. The molecule has 12 heavy (non-hydrogen) atoms. The van der Waals surface area contributed by atoms with Crippen LogP contribution in [0, 0.1) is 5.92 Å². The summed E-state index contributed by atoms with van der Waals surface area (Å²) in [5, 5.41) is 10.3. The molecule has 0 aromatic heterocycles. The highest BCUT2D eigenvalue weighted by Gasteiger charge is 2.21. The minimum atomic E-state index is -1.27. The van der Waals surface area contributed by atoms with Gasteiger partial charge in [-0.05, 0) is 0 Å². The van der Waals surface area contributed by atoms with Gasteiger partial charge in [-0.25, -0.2) is 4.79 Å². The average Bonchev–Trinajstić information content (AvgIpc) is 1.98. The van der Waals surface area contributed by atoms with Crippen molar-refractivity contribution in [1.82, 2.24) is 5.32 Å². The van der Waals surface area contributed by atoms with E-state index in [0.717, 1.165) is 0 Å². The number of primary amides is 1. The number of carboxylic acid groups (broad SMARTS) is 1. The molecule has 0 aromatic carbocycles. The molecule has 2 atom stereocenters. The smallest absolute Gasteiger partial charge is 0.405 e. The van der Waals surface area contributed by atoms with Crippen LogP contribution in [-0.4, -0.2) is 23.1 Å². The van der Waals surface area contributed by atoms with Crippen molar-refractivity contribution >= 4 is 12.0 Å². The van der Waals surface area contributed by atoms with E-state index in [1.807, 2.05) is 5.32 Å². The van der Waals surface area contributed by atoms with Crippen LogP contribution in [0.5, 0.6) is 0 Å². The first-order valence-corrected chi connectivity index (χ1v) is 3.40. The lowest BCUT2D eigenvalue weighted by atomic mass is 10.0. The van der Waals surface area contributed by atoms with Crippen molar-refractivity contribution in [2.45, 2.75) is 13.0 Å². The maximum Gasteiger partial charge on any atom is 0.405 e. The van der Waals surface area contributed by atoms with Crippen LogP contribution >= 0.6 is 0 Å². The van der Waals surface area contributed by atoms with Crippen molar-refractivity contribution in [3.05, 3.63) is 12.7 Å². The Morgan fingerprint density at radius 3 is 2.42 bits per heavy atom. The van der Waals surface area contributed by atoms with Crippen molar-refractivity contribution in [1.29, 1.82) is 0 Å². The van der Waals surface area contributed by atoms with Gasteiger partial charge in [0, 0.05) is 5.92 Å². The Morgan fingerprint density at radius 2 is 2.17 bits per heavy atom. The van der Waals surface area contributed by atoms with Crippen LogP contribution in [-0.2, 0) is 4.79 Å². The molecule has 0 fully saturated rings. The zero-order valence-corrected chi connectivity index (χ0v) is 6.78. The maximum absolute atomic E-state index is 10.7. The Hall–Kier alpha value is -1.52. The molecule has 0 saturated carbocycles. The molecule has 0 heterocycles. The maximum atomic E-state index is 10.7. The van der Waals surface area contributed by atoms with E-state index in [1.54, 1.807) is 6.92 Å². The van der Waals surface area contributed by atoms with Crippen molar-refractivity contribution in [3.8, 4) is 0 Å². The van der Waals surface area contributed by atoms with Gasteiger partial charge in [-0.3, -0.25) is 4.79 Å². The van der Waals surface area contributed by atoms with Gasteiger partial charge >= 0.3 is 6.09 Å². The number of hydrogen-bond acceptors (Lipinski definition) is 2. The minimum Gasteiger partial charge on any atom is -0.465 e. The number of nitrogens with two attached hydrogens (primary N) is 1. The van der Waals surface area contributed by atoms with Crippen LogP contribution < -0.4 is 11.1 Å². The van der Waals surface area contributed by atoms with E-state index in [9.17, 15) is 9.59 Å². The number of amides is 2. The Bertz CT molecular complexity index is 203. The fraction of sp³-hybridized carbons (Fsp3) is 0.429. The summed E-state index contributed by atoms with van der Waals surface area (Å²) in [5.74, 6) is -1.01. The van der Waals surface area contributed by atoms with Gasteiger partial charge in [0.2, 0.25) is 5.91 Å². The highest BCUT2D eigenvalue weighted by molar-refractivity contribution is 5.84. The van der Waals surface area contributed by atoms with Crippen LogP contribution in [0.25, 0.3) is 0 Å². The van der Waals surface area contributed by atoms with Gasteiger partial charge in [0.05, 0.1) is 0 Å². The second-order valence-electron chi connectivity index (χ2n) is 2.42. The molecule has 0 radical (unpaired) electrons. The zero-order valence-electron chi connectivity index (χ0n) is 6.78. The molecule has 0 bridgehead atoms. The molecular formula is C7H12N2O3. The number of hydrogen-bond donors (Lipinski definition) is 3. The van der Waals surface area contributed by atoms with Gasteiger partial charge in [0.1, 0.15) is 6.04 Å². The first-order chi connectivity index (χ1) is 5.49. The molecule has 0 aliphatic carbocycles. The monoisotopic (exact) mass is 172 g/mol. The molecule has 5 heteroatoms. The second kappa shape index (κ2) is 4.38. The topological polar surface area (TPSA) is 92.4 Å². The zero-order chi connectivity index (χ0) is 9.72. The van der Waals surface area contributed by atoms with Crippen LogP contribution in [0.15, 0.2) is 12.7 Å². The molecule has 0 aromatic rings. The Morgan fingerprint density at radius 1 is 1.67 bits per heavy atom. The molecule has 0 aliphatic rings. The molecule has 0 spiro atoms. The highest BCUT2D eigenvalue weighted by atomic mass is 16.4. The van der Waals surface area contributed by atoms with Crippen molar-refractivity contribution in [3.63, 3.8) is 0 Å². The van der Waals surface area contributed by atoms with E-state index in [2.05, 4.69) is 6.58 Å². The molecular weight excluding hydrogens is 160 g/mol. The molecule has 0 unspecified atom stereocenters. The molecule has 0 rings (SSSR count). The Balaban J connectivity index is 4.32. The number of rotatable bonds is 4. The van der Waals surface area contributed by atoms with Crippen molar-refractivity contribution in [2.24, 2.45) is 11.7 Å². The Labute approximate surface area is 70.2 Å². The summed E-state index contributed by atoms with van der Waals surface area (Å²) in [5.41, 5.74) is 4.95. The molecule has 4 N–H and O–H groups in total. The Kier molecular flexibility index (Phi) is 3.82. The molecule has 0 aliphatic heterocycles. The summed E-state index contributed by atoms with van der Waals surface area (Å²) < 4.78 is 0. The molecule has 0 saturated heterocycles. The van der Waals surface area contributed by atoms with E-state index >= 15 is 0 Å². The summed E-state index contributed by atoms with van der Waals surface area (Å²) in [6, 6.07) is -0.903. The van der Waals surface area contributed by atoms with E-state index in [4.69, 9.17) is 10.8 Å². The largest absolute Gasteiger partial charge is 0.465 e. The SMILES string of the molecule is C=C[C@@H](C)[C@H](NC(=O)O)C(N)=O. The van der Waals surface area contributed by atoms with E-state index in [0.29, 0.717) is 0 Å².